The number of nitrogens with zero attached hydrogens (tertiary/aromatic N) is 2. The summed E-state index contributed by atoms with van der Waals surface area (Å²) in [5, 5.41) is 3.90. The van der Waals surface area contributed by atoms with E-state index in [9.17, 15) is 0 Å². The smallest absolute Gasteiger partial charge is 0.0637 e. The van der Waals surface area contributed by atoms with Crippen molar-refractivity contribution in [3.8, 4) is 16.8 Å². The minimum Gasteiger partial charge on any atom is -0.333 e. The number of anilines is 2. The first kappa shape index (κ1) is 21.3. The van der Waals surface area contributed by atoms with E-state index in [0.717, 1.165) is 0 Å². The van der Waals surface area contributed by atoms with E-state index in [0.29, 0.717) is 0 Å². The highest BCUT2D eigenvalue weighted by atomic mass is 15.2. The Morgan fingerprint density at radius 2 is 1.16 bits per heavy atom. The second kappa shape index (κ2) is 8.36. The third-order valence-corrected chi connectivity index (χ3v) is 8.12. The van der Waals surface area contributed by atoms with Gasteiger partial charge in [-0.15, -0.1) is 0 Å². The number of hydrogen-bond acceptors (Lipinski definition) is 1. The fraction of sp³-hybridized carbons (Fsp3) is 0.0556. The van der Waals surface area contributed by atoms with Crippen LogP contribution >= 0.6 is 0 Å². The molecule has 2 unspecified atom stereocenters. The monoisotopic (exact) mass is 486 g/mol. The molecule has 0 saturated carbocycles. The summed E-state index contributed by atoms with van der Waals surface area (Å²) < 4.78 is 2.44. The molecule has 0 saturated heterocycles. The van der Waals surface area contributed by atoms with E-state index >= 15 is 0 Å². The van der Waals surface area contributed by atoms with Crippen molar-refractivity contribution in [1.29, 1.82) is 0 Å². The van der Waals surface area contributed by atoms with Crippen LogP contribution in [0, 0.1) is 0 Å². The zero-order valence-corrected chi connectivity index (χ0v) is 20.9. The van der Waals surface area contributed by atoms with Crippen molar-refractivity contribution >= 4 is 34.4 Å². The molecule has 180 valence electrons. The van der Waals surface area contributed by atoms with Gasteiger partial charge in [-0.2, -0.15) is 0 Å². The van der Waals surface area contributed by atoms with Gasteiger partial charge in [0.2, 0.25) is 0 Å². The Kier molecular flexibility index (Phi) is 4.68. The molecule has 0 spiro atoms. The van der Waals surface area contributed by atoms with Gasteiger partial charge in [0.25, 0.3) is 0 Å². The maximum atomic E-state index is 2.51. The van der Waals surface area contributed by atoms with Crippen molar-refractivity contribution < 1.29 is 0 Å². The van der Waals surface area contributed by atoms with Gasteiger partial charge in [-0.05, 0) is 59.2 Å². The molecule has 2 heterocycles. The predicted molar refractivity (Wildman–Crippen MR) is 158 cm³/mol. The van der Waals surface area contributed by atoms with Gasteiger partial charge in [-0.25, -0.2) is 0 Å². The van der Waals surface area contributed by atoms with E-state index < -0.39 is 0 Å². The molecule has 38 heavy (non-hydrogen) atoms. The fourth-order valence-electron chi connectivity index (χ4n) is 6.44. The molecule has 5 aromatic carbocycles. The van der Waals surface area contributed by atoms with E-state index in [4.69, 9.17) is 0 Å². The molecule has 1 aromatic heterocycles. The molecule has 1 aliphatic carbocycles. The van der Waals surface area contributed by atoms with Crippen LogP contribution in [0.15, 0.2) is 133 Å². The van der Waals surface area contributed by atoms with Crippen LogP contribution in [0.5, 0.6) is 0 Å². The van der Waals surface area contributed by atoms with E-state index in [1.165, 1.54) is 55.2 Å². The molecule has 0 amide bonds. The van der Waals surface area contributed by atoms with E-state index in [-0.39, 0.29) is 12.0 Å². The van der Waals surface area contributed by atoms with Gasteiger partial charge in [-0.1, -0.05) is 103 Å². The normalized spacial score (nSPS) is 17.3. The zero-order valence-electron chi connectivity index (χ0n) is 20.9. The summed E-state index contributed by atoms with van der Waals surface area (Å²) in [6.45, 7) is 0. The molecule has 0 bridgehead atoms. The Morgan fingerprint density at radius 1 is 0.500 bits per heavy atom. The minimum atomic E-state index is 0.238. The van der Waals surface area contributed by atoms with E-state index in [2.05, 4.69) is 155 Å². The predicted octanol–water partition coefficient (Wildman–Crippen LogP) is 7.18. The lowest BCUT2D eigenvalue weighted by molar-refractivity contribution is 0.796. The third-order valence-electron chi connectivity index (χ3n) is 8.12. The maximum absolute atomic E-state index is 2.51. The number of fused-ring (bicyclic) bond motifs is 6. The summed E-state index contributed by atoms with van der Waals surface area (Å²) in [6.07, 6.45) is 5.01. The van der Waals surface area contributed by atoms with Crippen molar-refractivity contribution in [3.63, 3.8) is 0 Å². The first-order valence-electron chi connectivity index (χ1n) is 13.3. The van der Waals surface area contributed by atoms with Crippen molar-refractivity contribution in [2.45, 2.75) is 12.0 Å². The number of hydrogen-bond donors (Lipinski definition) is 0. The van der Waals surface area contributed by atoms with Crippen LogP contribution in [-0.4, -0.2) is 10.6 Å². The highest BCUT2D eigenvalue weighted by Crippen LogP contribution is 2.47. The third kappa shape index (κ3) is 3.13. The lowest BCUT2D eigenvalue weighted by Crippen LogP contribution is -2.39. The van der Waals surface area contributed by atoms with Crippen LogP contribution in [0.25, 0.3) is 39.9 Å². The maximum Gasteiger partial charge on any atom is 0.0637 e. The van der Waals surface area contributed by atoms with Crippen LogP contribution in [0.4, 0.5) is 11.4 Å². The average molecular weight is 487 g/mol. The molecule has 2 nitrogen and oxygen atoms in total. The quantitative estimate of drug-likeness (QED) is 0.257. The Balaban J connectivity index is 1.35. The number of benzene rings is 5. The van der Waals surface area contributed by atoms with Gasteiger partial charge >= 0.3 is 0 Å². The topological polar surface area (TPSA) is 8.17 Å². The fourth-order valence-corrected chi connectivity index (χ4v) is 6.44. The van der Waals surface area contributed by atoms with Crippen LogP contribution in [-0.2, 0) is 0 Å². The molecule has 8 rings (SSSR count). The molecular formula is C36H26N2. The molecular weight excluding hydrogens is 460 g/mol. The van der Waals surface area contributed by atoms with Gasteiger partial charge in [-0.3, -0.25) is 0 Å². The summed E-state index contributed by atoms with van der Waals surface area (Å²) in [7, 11) is 0. The van der Waals surface area contributed by atoms with E-state index in [1.54, 1.807) is 0 Å². The second-order valence-electron chi connectivity index (χ2n) is 10.2. The van der Waals surface area contributed by atoms with E-state index in [1.807, 2.05) is 0 Å². The highest BCUT2D eigenvalue weighted by molar-refractivity contribution is 5.88. The van der Waals surface area contributed by atoms with Crippen molar-refractivity contribution in [2.75, 3.05) is 4.90 Å². The van der Waals surface area contributed by atoms with Gasteiger partial charge in [0.05, 0.1) is 16.9 Å². The molecule has 0 fully saturated rings. The zero-order chi connectivity index (χ0) is 25.1. The van der Waals surface area contributed by atoms with Gasteiger partial charge < -0.3 is 9.47 Å². The van der Waals surface area contributed by atoms with Crippen molar-refractivity contribution in [2.24, 2.45) is 0 Å². The van der Waals surface area contributed by atoms with Gasteiger partial charge in [0.1, 0.15) is 0 Å². The van der Waals surface area contributed by atoms with Crippen LogP contribution in [0.2, 0.25) is 0 Å². The average Bonchev–Trinajstić information content (AvgIpc) is 3.49. The summed E-state index contributed by atoms with van der Waals surface area (Å²) in [5.74, 6) is 0.283. The summed E-state index contributed by atoms with van der Waals surface area (Å²) in [5.41, 5.74) is 8.84. The lowest BCUT2D eigenvalue weighted by atomic mass is 9.90. The van der Waals surface area contributed by atoms with Gasteiger partial charge in [0, 0.05) is 33.6 Å². The second-order valence-corrected chi connectivity index (χ2v) is 10.2. The minimum absolute atomic E-state index is 0.238. The SMILES string of the molecule is C1=c2c(n(-c3ccc(-c4ccccc4)cc3)c3ccccc23)=CC2c3ccccc3N(c3ccccc3)C12. The Bertz CT molecular complexity index is 1920. The number of rotatable bonds is 3. The summed E-state index contributed by atoms with van der Waals surface area (Å²) >= 11 is 0. The van der Waals surface area contributed by atoms with Crippen molar-refractivity contribution in [1.82, 2.24) is 4.57 Å². The standard InChI is InChI=1S/C36H26N2/c1-3-11-25(12-4-1)26-19-21-28(22-20-26)38-34-18-10-8-16-30(34)32-23-35-31(24-36(32)38)29-15-7-9-17-33(29)37(35)27-13-5-2-6-14-27/h1-24,31,35H. The number of para-hydroxylation sites is 3. The van der Waals surface area contributed by atoms with Gasteiger partial charge in [0.15, 0.2) is 0 Å². The Morgan fingerprint density at radius 3 is 1.97 bits per heavy atom. The van der Waals surface area contributed by atoms with Crippen LogP contribution in [0.3, 0.4) is 0 Å². The largest absolute Gasteiger partial charge is 0.333 e. The highest BCUT2D eigenvalue weighted by Gasteiger charge is 2.38. The molecule has 2 aliphatic rings. The van der Waals surface area contributed by atoms with Crippen molar-refractivity contribution in [3.05, 3.63) is 150 Å². The molecule has 2 atom stereocenters. The van der Waals surface area contributed by atoms with Crippen LogP contribution < -0.4 is 15.5 Å². The number of aromatic nitrogens is 1. The molecule has 2 heteroatoms. The Hall–Kier alpha value is -4.82. The first-order chi connectivity index (χ1) is 18.9. The summed E-state index contributed by atoms with van der Waals surface area (Å²) in [6, 6.07) is 48.3. The molecule has 0 N–H and O–H groups in total. The van der Waals surface area contributed by atoms with Crippen LogP contribution in [0.1, 0.15) is 11.5 Å². The first-order valence-corrected chi connectivity index (χ1v) is 13.3. The lowest BCUT2D eigenvalue weighted by Gasteiger charge is -2.28. The Labute approximate surface area is 222 Å². The summed E-state index contributed by atoms with van der Waals surface area (Å²) in [4.78, 5) is 2.51. The molecule has 1 aliphatic heterocycles. The molecule has 0 radical (unpaired) electrons. The molecule has 6 aromatic rings.